The first-order valence-electron chi connectivity index (χ1n) is 6.88. The Balaban J connectivity index is 2.13. The van der Waals surface area contributed by atoms with E-state index in [0.29, 0.717) is 11.7 Å². The molecule has 20 heavy (non-hydrogen) atoms. The Labute approximate surface area is 121 Å². The second-order valence-electron chi connectivity index (χ2n) is 5.69. The topological polar surface area (TPSA) is 75.4 Å². The van der Waals surface area contributed by atoms with Crippen LogP contribution in [-0.4, -0.2) is 39.0 Å². The fourth-order valence-corrected chi connectivity index (χ4v) is 3.79. The molecular weight excluding hydrogens is 274 g/mol. The van der Waals surface area contributed by atoms with Gasteiger partial charge in [-0.3, -0.25) is 0 Å². The van der Waals surface area contributed by atoms with Gasteiger partial charge in [0.1, 0.15) is 0 Å². The zero-order valence-corrected chi connectivity index (χ0v) is 13.1. The highest BCUT2D eigenvalue weighted by atomic mass is 32.2. The maximum absolute atomic E-state index is 12.4. The standard InChI is InChI=1S/C14H23N3O2S/c1-10-4-5-13(9-14(10)15)20(18,19)16-12-6-7-17(3)11(2)8-12/h4-5,9,11-12,16H,6-8,15H2,1-3H3. The fourth-order valence-electron chi connectivity index (χ4n) is 2.47. The van der Waals surface area contributed by atoms with Crippen molar-refractivity contribution < 1.29 is 8.42 Å². The average Bonchev–Trinajstić information content (AvgIpc) is 2.37. The van der Waals surface area contributed by atoms with E-state index >= 15 is 0 Å². The van der Waals surface area contributed by atoms with Crippen molar-refractivity contribution in [3.63, 3.8) is 0 Å². The molecule has 1 aliphatic rings. The predicted octanol–water partition coefficient (Wildman–Crippen LogP) is 1.34. The molecule has 1 aromatic carbocycles. The summed E-state index contributed by atoms with van der Waals surface area (Å²) in [5, 5.41) is 0. The molecular formula is C14H23N3O2S. The monoisotopic (exact) mass is 297 g/mol. The Hall–Kier alpha value is -1.11. The Bertz CT molecular complexity index is 586. The normalized spacial score (nSPS) is 24.8. The predicted molar refractivity (Wildman–Crippen MR) is 81.0 cm³/mol. The molecule has 0 saturated carbocycles. The van der Waals surface area contributed by atoms with Crippen LogP contribution in [0, 0.1) is 6.92 Å². The van der Waals surface area contributed by atoms with Crippen molar-refractivity contribution in [2.24, 2.45) is 0 Å². The average molecular weight is 297 g/mol. The summed E-state index contributed by atoms with van der Waals surface area (Å²) in [6.07, 6.45) is 1.67. The number of sulfonamides is 1. The van der Waals surface area contributed by atoms with E-state index in [2.05, 4.69) is 23.6 Å². The number of nitrogens with zero attached hydrogens (tertiary/aromatic N) is 1. The van der Waals surface area contributed by atoms with Gasteiger partial charge in [0.15, 0.2) is 0 Å². The molecule has 0 aromatic heterocycles. The molecule has 5 nitrogen and oxygen atoms in total. The van der Waals surface area contributed by atoms with E-state index in [4.69, 9.17) is 5.73 Å². The number of likely N-dealkylation sites (tertiary alicyclic amines) is 1. The molecule has 0 spiro atoms. The number of piperidine rings is 1. The highest BCUT2D eigenvalue weighted by Crippen LogP contribution is 2.20. The Morgan fingerprint density at radius 2 is 2.10 bits per heavy atom. The van der Waals surface area contributed by atoms with Gasteiger partial charge in [-0.1, -0.05) is 6.07 Å². The molecule has 1 aliphatic heterocycles. The summed E-state index contributed by atoms with van der Waals surface area (Å²) in [7, 11) is -1.42. The van der Waals surface area contributed by atoms with Crippen LogP contribution in [0.5, 0.6) is 0 Å². The highest BCUT2D eigenvalue weighted by molar-refractivity contribution is 7.89. The zero-order valence-electron chi connectivity index (χ0n) is 12.3. The lowest BCUT2D eigenvalue weighted by atomic mass is 10.0. The summed E-state index contributed by atoms with van der Waals surface area (Å²) in [6.45, 7) is 4.88. The largest absolute Gasteiger partial charge is 0.398 e. The van der Waals surface area contributed by atoms with Gasteiger partial charge in [-0.15, -0.1) is 0 Å². The minimum Gasteiger partial charge on any atom is -0.398 e. The third-order valence-electron chi connectivity index (χ3n) is 4.09. The number of hydrogen-bond acceptors (Lipinski definition) is 4. The van der Waals surface area contributed by atoms with E-state index in [-0.39, 0.29) is 10.9 Å². The number of nitrogens with one attached hydrogen (secondary N) is 1. The Morgan fingerprint density at radius 3 is 2.70 bits per heavy atom. The first-order valence-corrected chi connectivity index (χ1v) is 8.36. The molecule has 1 fully saturated rings. The summed E-state index contributed by atoms with van der Waals surface area (Å²) in [4.78, 5) is 2.49. The van der Waals surface area contributed by atoms with Crippen molar-refractivity contribution >= 4 is 15.7 Å². The van der Waals surface area contributed by atoms with Gasteiger partial charge in [0, 0.05) is 17.8 Å². The van der Waals surface area contributed by atoms with E-state index in [1.165, 1.54) is 6.07 Å². The van der Waals surface area contributed by atoms with Crippen molar-refractivity contribution in [1.82, 2.24) is 9.62 Å². The number of rotatable bonds is 3. The summed E-state index contributed by atoms with van der Waals surface area (Å²) < 4.78 is 27.5. The van der Waals surface area contributed by atoms with Gasteiger partial charge >= 0.3 is 0 Å². The first-order chi connectivity index (χ1) is 9.29. The third kappa shape index (κ3) is 3.31. The summed E-state index contributed by atoms with van der Waals surface area (Å²) in [5.74, 6) is 0. The fraction of sp³-hybridized carbons (Fsp3) is 0.571. The summed E-state index contributed by atoms with van der Waals surface area (Å²) >= 11 is 0. The van der Waals surface area contributed by atoms with Gasteiger partial charge in [0.2, 0.25) is 10.0 Å². The van der Waals surface area contributed by atoms with Crippen molar-refractivity contribution in [3.8, 4) is 0 Å². The number of nitrogens with two attached hydrogens (primary N) is 1. The molecule has 1 saturated heterocycles. The van der Waals surface area contributed by atoms with Crippen LogP contribution in [-0.2, 0) is 10.0 Å². The van der Waals surface area contributed by atoms with Crippen molar-refractivity contribution in [2.45, 2.75) is 43.7 Å². The van der Waals surface area contributed by atoms with Crippen LogP contribution in [0.2, 0.25) is 0 Å². The molecule has 2 rings (SSSR count). The maximum Gasteiger partial charge on any atom is 0.240 e. The van der Waals surface area contributed by atoms with E-state index in [0.717, 1.165) is 24.9 Å². The lowest BCUT2D eigenvalue weighted by molar-refractivity contribution is 0.178. The van der Waals surface area contributed by atoms with Crippen molar-refractivity contribution in [2.75, 3.05) is 19.3 Å². The second-order valence-corrected chi connectivity index (χ2v) is 7.40. The van der Waals surface area contributed by atoms with E-state index < -0.39 is 10.0 Å². The van der Waals surface area contributed by atoms with Gasteiger partial charge in [0.05, 0.1) is 4.90 Å². The van der Waals surface area contributed by atoms with Gasteiger partial charge in [-0.05, 0) is 58.0 Å². The number of hydrogen-bond donors (Lipinski definition) is 2. The lowest BCUT2D eigenvalue weighted by Crippen LogP contribution is -2.47. The maximum atomic E-state index is 12.4. The minimum atomic E-state index is -3.49. The smallest absolute Gasteiger partial charge is 0.240 e. The molecule has 2 atom stereocenters. The molecule has 0 radical (unpaired) electrons. The van der Waals surface area contributed by atoms with Crippen LogP contribution in [0.25, 0.3) is 0 Å². The van der Waals surface area contributed by atoms with Crippen molar-refractivity contribution in [1.29, 1.82) is 0 Å². The number of aryl methyl sites for hydroxylation is 1. The summed E-state index contributed by atoms with van der Waals surface area (Å²) in [5.41, 5.74) is 7.18. The first kappa shape index (κ1) is 15.3. The number of anilines is 1. The van der Waals surface area contributed by atoms with E-state index in [1.807, 2.05) is 6.92 Å². The van der Waals surface area contributed by atoms with Crippen LogP contribution in [0.3, 0.4) is 0 Å². The molecule has 6 heteroatoms. The number of benzene rings is 1. The Kier molecular flexibility index (Phi) is 4.36. The van der Waals surface area contributed by atoms with Crippen LogP contribution in [0.1, 0.15) is 25.3 Å². The summed E-state index contributed by atoms with van der Waals surface area (Å²) in [6, 6.07) is 5.25. The highest BCUT2D eigenvalue weighted by Gasteiger charge is 2.27. The molecule has 1 aromatic rings. The van der Waals surface area contributed by atoms with Gasteiger partial charge in [0.25, 0.3) is 0 Å². The molecule has 0 bridgehead atoms. The molecule has 3 N–H and O–H groups in total. The molecule has 2 unspecified atom stereocenters. The number of nitrogen functional groups attached to an aromatic ring is 1. The second kappa shape index (κ2) is 5.71. The van der Waals surface area contributed by atoms with Gasteiger partial charge in [-0.2, -0.15) is 0 Å². The van der Waals surface area contributed by atoms with Crippen LogP contribution < -0.4 is 10.5 Å². The third-order valence-corrected chi connectivity index (χ3v) is 5.61. The Morgan fingerprint density at radius 1 is 1.40 bits per heavy atom. The zero-order chi connectivity index (χ0) is 14.9. The lowest BCUT2D eigenvalue weighted by Gasteiger charge is -2.35. The van der Waals surface area contributed by atoms with Gasteiger partial charge < -0.3 is 10.6 Å². The van der Waals surface area contributed by atoms with Crippen LogP contribution in [0.4, 0.5) is 5.69 Å². The molecule has 0 aliphatic carbocycles. The van der Waals surface area contributed by atoms with Crippen LogP contribution in [0.15, 0.2) is 23.1 Å². The van der Waals surface area contributed by atoms with Crippen LogP contribution >= 0.6 is 0 Å². The van der Waals surface area contributed by atoms with E-state index in [1.54, 1.807) is 12.1 Å². The van der Waals surface area contributed by atoms with Crippen molar-refractivity contribution in [3.05, 3.63) is 23.8 Å². The van der Waals surface area contributed by atoms with E-state index in [9.17, 15) is 8.42 Å². The quantitative estimate of drug-likeness (QED) is 0.826. The van der Waals surface area contributed by atoms with Gasteiger partial charge in [-0.25, -0.2) is 13.1 Å². The minimum absolute atomic E-state index is 0.00581. The molecule has 1 heterocycles. The molecule has 0 amide bonds. The SMILES string of the molecule is Cc1ccc(S(=O)(=O)NC2CCN(C)C(C)C2)cc1N. The molecule has 112 valence electrons.